The number of ether oxygens (including phenoxy) is 1. The molecule has 98 valence electrons. The monoisotopic (exact) mass is 252 g/mol. The zero-order valence-corrected chi connectivity index (χ0v) is 10.1. The van der Waals surface area contributed by atoms with E-state index in [0.29, 0.717) is 0 Å². The Kier molecular flexibility index (Phi) is 4.15. The average Bonchev–Trinajstić information content (AvgIpc) is 2.41. The third-order valence-electron chi connectivity index (χ3n) is 3.32. The van der Waals surface area contributed by atoms with Crippen molar-refractivity contribution in [3.05, 3.63) is 30.1 Å². The summed E-state index contributed by atoms with van der Waals surface area (Å²) in [4.78, 5) is 11.3. The van der Waals surface area contributed by atoms with Crippen LogP contribution in [0, 0.1) is 11.7 Å². The van der Waals surface area contributed by atoms with Gasteiger partial charge in [-0.15, -0.1) is 0 Å². The van der Waals surface area contributed by atoms with Gasteiger partial charge in [0.15, 0.2) is 11.6 Å². The van der Waals surface area contributed by atoms with Gasteiger partial charge in [0.2, 0.25) is 5.91 Å². The Morgan fingerprint density at radius 2 is 1.94 bits per heavy atom. The predicted octanol–water partition coefficient (Wildman–Crippen LogP) is 1.75. The molecule has 18 heavy (non-hydrogen) atoms. The number of rotatable bonds is 3. The molecule has 1 aliphatic rings. The summed E-state index contributed by atoms with van der Waals surface area (Å²) in [6.07, 6.45) is 2.91. The number of hydrogen-bond acceptors (Lipinski definition) is 3. The van der Waals surface area contributed by atoms with E-state index in [-0.39, 0.29) is 29.5 Å². The van der Waals surface area contributed by atoms with Gasteiger partial charge < -0.3 is 4.74 Å². The van der Waals surface area contributed by atoms with Crippen molar-refractivity contribution in [3.63, 3.8) is 0 Å². The Balaban J connectivity index is 1.87. The number of amides is 1. The summed E-state index contributed by atoms with van der Waals surface area (Å²) in [5.74, 6) is 4.86. The van der Waals surface area contributed by atoms with Gasteiger partial charge in [-0.3, -0.25) is 10.2 Å². The summed E-state index contributed by atoms with van der Waals surface area (Å²) in [5, 5.41) is 0. The number of benzene rings is 1. The van der Waals surface area contributed by atoms with Crippen molar-refractivity contribution >= 4 is 5.91 Å². The summed E-state index contributed by atoms with van der Waals surface area (Å²) in [7, 11) is 0. The van der Waals surface area contributed by atoms with Crippen molar-refractivity contribution < 1.29 is 13.9 Å². The van der Waals surface area contributed by atoms with Gasteiger partial charge in [0.05, 0.1) is 6.10 Å². The normalized spacial score (nSPS) is 23.4. The van der Waals surface area contributed by atoms with Crippen LogP contribution in [0.2, 0.25) is 0 Å². The SMILES string of the molecule is NNC(=O)C1CCC(Oc2ccccc2F)CC1. The molecule has 1 aromatic rings. The number of nitrogens with one attached hydrogen (secondary N) is 1. The first kappa shape index (κ1) is 12.8. The molecule has 0 radical (unpaired) electrons. The topological polar surface area (TPSA) is 64.3 Å². The van der Waals surface area contributed by atoms with Crippen molar-refractivity contribution in [2.75, 3.05) is 0 Å². The Morgan fingerprint density at radius 3 is 2.56 bits per heavy atom. The van der Waals surface area contributed by atoms with Gasteiger partial charge in [0, 0.05) is 5.92 Å². The second-order valence-corrected chi connectivity index (χ2v) is 4.53. The van der Waals surface area contributed by atoms with Crippen LogP contribution in [-0.2, 0) is 4.79 Å². The number of hydrazine groups is 1. The molecule has 0 bridgehead atoms. The fourth-order valence-corrected chi connectivity index (χ4v) is 2.28. The van der Waals surface area contributed by atoms with Crippen LogP contribution < -0.4 is 16.0 Å². The maximum Gasteiger partial charge on any atom is 0.236 e. The standard InChI is InChI=1S/C13H17FN2O2/c14-11-3-1-2-4-12(11)18-10-7-5-9(6-8-10)13(17)16-15/h1-4,9-10H,5-8,15H2,(H,16,17). The molecule has 0 saturated heterocycles. The van der Waals surface area contributed by atoms with E-state index >= 15 is 0 Å². The number of halogens is 1. The molecule has 0 atom stereocenters. The zero-order valence-electron chi connectivity index (χ0n) is 10.1. The fraction of sp³-hybridized carbons (Fsp3) is 0.462. The highest BCUT2D eigenvalue weighted by Gasteiger charge is 2.27. The maximum atomic E-state index is 13.4. The summed E-state index contributed by atoms with van der Waals surface area (Å²) in [5.41, 5.74) is 2.17. The highest BCUT2D eigenvalue weighted by Crippen LogP contribution is 2.28. The molecule has 1 aliphatic carbocycles. The highest BCUT2D eigenvalue weighted by molar-refractivity contribution is 5.78. The van der Waals surface area contributed by atoms with Crippen molar-refractivity contribution in [3.8, 4) is 5.75 Å². The largest absolute Gasteiger partial charge is 0.487 e. The minimum Gasteiger partial charge on any atom is -0.487 e. The molecule has 1 amide bonds. The number of carbonyl (C=O) groups excluding carboxylic acids is 1. The van der Waals surface area contributed by atoms with Crippen LogP contribution in [0.3, 0.4) is 0 Å². The van der Waals surface area contributed by atoms with Crippen LogP contribution in [0.4, 0.5) is 4.39 Å². The Bertz CT molecular complexity index is 417. The van der Waals surface area contributed by atoms with Crippen LogP contribution in [0.1, 0.15) is 25.7 Å². The van der Waals surface area contributed by atoms with Crippen LogP contribution in [0.25, 0.3) is 0 Å². The molecule has 5 heteroatoms. The zero-order chi connectivity index (χ0) is 13.0. The van der Waals surface area contributed by atoms with E-state index in [4.69, 9.17) is 10.6 Å². The van der Waals surface area contributed by atoms with Gasteiger partial charge in [-0.2, -0.15) is 0 Å². The molecule has 0 aliphatic heterocycles. The number of nitrogens with two attached hydrogens (primary N) is 1. The average molecular weight is 252 g/mol. The Morgan fingerprint density at radius 1 is 1.28 bits per heavy atom. The van der Waals surface area contributed by atoms with Gasteiger partial charge in [-0.25, -0.2) is 10.2 Å². The molecular weight excluding hydrogens is 235 g/mol. The molecule has 2 rings (SSSR count). The summed E-state index contributed by atoms with van der Waals surface area (Å²) < 4.78 is 19.0. The minimum atomic E-state index is -0.348. The van der Waals surface area contributed by atoms with E-state index in [1.807, 2.05) is 0 Å². The molecular formula is C13H17FN2O2. The molecule has 0 unspecified atom stereocenters. The fourth-order valence-electron chi connectivity index (χ4n) is 2.28. The van der Waals surface area contributed by atoms with Gasteiger partial charge in [-0.1, -0.05) is 12.1 Å². The molecule has 3 N–H and O–H groups in total. The lowest BCUT2D eigenvalue weighted by molar-refractivity contribution is -0.126. The van der Waals surface area contributed by atoms with Crippen molar-refractivity contribution in [1.29, 1.82) is 0 Å². The van der Waals surface area contributed by atoms with E-state index in [9.17, 15) is 9.18 Å². The van der Waals surface area contributed by atoms with Crippen molar-refractivity contribution in [2.24, 2.45) is 11.8 Å². The third-order valence-corrected chi connectivity index (χ3v) is 3.32. The van der Waals surface area contributed by atoms with Gasteiger partial charge in [0.1, 0.15) is 0 Å². The second-order valence-electron chi connectivity index (χ2n) is 4.53. The van der Waals surface area contributed by atoms with E-state index in [1.54, 1.807) is 18.2 Å². The molecule has 0 spiro atoms. The number of hydrogen-bond donors (Lipinski definition) is 2. The summed E-state index contributed by atoms with van der Waals surface area (Å²) in [6.45, 7) is 0. The first-order valence-corrected chi connectivity index (χ1v) is 6.12. The van der Waals surface area contributed by atoms with Gasteiger partial charge in [0.25, 0.3) is 0 Å². The maximum absolute atomic E-state index is 13.4. The van der Waals surface area contributed by atoms with Crippen LogP contribution >= 0.6 is 0 Å². The molecule has 0 heterocycles. The van der Waals surface area contributed by atoms with E-state index in [0.717, 1.165) is 25.7 Å². The highest BCUT2D eigenvalue weighted by atomic mass is 19.1. The molecule has 1 aromatic carbocycles. The minimum absolute atomic E-state index is 0.0243. The smallest absolute Gasteiger partial charge is 0.236 e. The predicted molar refractivity (Wildman–Crippen MR) is 65.1 cm³/mol. The van der Waals surface area contributed by atoms with Crippen LogP contribution in [0.5, 0.6) is 5.75 Å². The third kappa shape index (κ3) is 2.98. The number of carbonyl (C=O) groups is 1. The Hall–Kier alpha value is -1.62. The summed E-state index contributed by atoms with van der Waals surface area (Å²) >= 11 is 0. The first-order valence-electron chi connectivity index (χ1n) is 6.12. The van der Waals surface area contributed by atoms with E-state index in [1.165, 1.54) is 6.07 Å². The lowest BCUT2D eigenvalue weighted by Crippen LogP contribution is -2.38. The van der Waals surface area contributed by atoms with Gasteiger partial charge in [-0.05, 0) is 37.8 Å². The lowest BCUT2D eigenvalue weighted by Gasteiger charge is -2.27. The summed E-state index contributed by atoms with van der Waals surface area (Å²) in [6, 6.07) is 6.37. The number of para-hydroxylation sites is 1. The van der Waals surface area contributed by atoms with Crippen LogP contribution in [0.15, 0.2) is 24.3 Å². The van der Waals surface area contributed by atoms with Gasteiger partial charge >= 0.3 is 0 Å². The second kappa shape index (κ2) is 5.82. The van der Waals surface area contributed by atoms with Crippen LogP contribution in [-0.4, -0.2) is 12.0 Å². The lowest BCUT2D eigenvalue weighted by atomic mass is 9.87. The Labute approximate surface area is 105 Å². The first-order chi connectivity index (χ1) is 8.70. The van der Waals surface area contributed by atoms with Crippen molar-refractivity contribution in [1.82, 2.24) is 5.43 Å². The van der Waals surface area contributed by atoms with Crippen molar-refractivity contribution in [2.45, 2.75) is 31.8 Å². The molecule has 1 fully saturated rings. The molecule has 4 nitrogen and oxygen atoms in total. The molecule has 1 saturated carbocycles. The van der Waals surface area contributed by atoms with E-state index < -0.39 is 0 Å². The molecule has 0 aromatic heterocycles. The quantitative estimate of drug-likeness (QED) is 0.489. The van der Waals surface area contributed by atoms with E-state index in [2.05, 4.69) is 5.43 Å².